The van der Waals surface area contributed by atoms with Gasteiger partial charge in [-0.25, -0.2) is 4.52 Å². The molecule has 1 N–H and O–H groups in total. The Morgan fingerprint density at radius 1 is 1.26 bits per heavy atom. The molecule has 5 rings (SSSR count). The van der Waals surface area contributed by atoms with E-state index in [0.717, 1.165) is 48.5 Å². The van der Waals surface area contributed by atoms with Crippen LogP contribution in [-0.2, 0) is 16.6 Å². The van der Waals surface area contributed by atoms with Gasteiger partial charge < -0.3 is 19.7 Å². The smallest absolute Gasteiger partial charge is 0.228 e. The van der Waals surface area contributed by atoms with Gasteiger partial charge in [0, 0.05) is 56.9 Å². The largest absolute Gasteiger partial charge is 0.489 e. The number of likely N-dealkylation sites (tertiary alicyclic amines) is 1. The first kappa shape index (κ1) is 20.0. The number of hydrogen-bond acceptors (Lipinski definition) is 6. The topological polar surface area (TPSA) is 85.9 Å². The number of pyridine rings is 1. The second kappa shape index (κ2) is 7.97. The molecular formula is C22H28N6O3. The third kappa shape index (κ3) is 4.03. The number of fused-ring (bicyclic) bond motifs is 1. The molecule has 31 heavy (non-hydrogen) atoms. The van der Waals surface area contributed by atoms with Gasteiger partial charge in [0.1, 0.15) is 5.69 Å². The molecule has 1 saturated carbocycles. The first-order valence-electron chi connectivity index (χ1n) is 10.7. The summed E-state index contributed by atoms with van der Waals surface area (Å²) in [5, 5.41) is 11.8. The van der Waals surface area contributed by atoms with Crippen LogP contribution in [0.2, 0.25) is 0 Å². The van der Waals surface area contributed by atoms with Gasteiger partial charge >= 0.3 is 0 Å². The van der Waals surface area contributed by atoms with E-state index in [4.69, 9.17) is 9.47 Å². The Morgan fingerprint density at radius 2 is 2.10 bits per heavy atom. The minimum atomic E-state index is 0.0536. The number of nitrogens with one attached hydrogen (secondary N) is 1. The average molecular weight is 425 g/mol. The highest BCUT2D eigenvalue weighted by atomic mass is 16.5. The molecule has 1 aliphatic carbocycles. The van der Waals surface area contributed by atoms with Crippen molar-refractivity contribution in [1.82, 2.24) is 24.3 Å². The Bertz CT molecular complexity index is 1100. The average Bonchev–Trinajstić information content (AvgIpc) is 3.29. The highest BCUT2D eigenvalue weighted by molar-refractivity contribution is 5.93. The molecule has 164 valence electrons. The first-order valence-corrected chi connectivity index (χ1v) is 10.7. The molecule has 0 aromatic carbocycles. The van der Waals surface area contributed by atoms with Gasteiger partial charge in [-0.1, -0.05) is 0 Å². The highest BCUT2D eigenvalue weighted by Gasteiger charge is 2.32. The van der Waals surface area contributed by atoms with Crippen LogP contribution >= 0.6 is 0 Å². The molecule has 0 unspecified atom stereocenters. The number of ether oxygens (including phenoxy) is 2. The Balaban J connectivity index is 1.36. The predicted molar refractivity (Wildman–Crippen MR) is 116 cm³/mol. The van der Waals surface area contributed by atoms with E-state index in [0.29, 0.717) is 18.3 Å². The maximum Gasteiger partial charge on any atom is 0.228 e. The summed E-state index contributed by atoms with van der Waals surface area (Å²) in [7, 11) is 5.77. The fourth-order valence-corrected chi connectivity index (χ4v) is 4.30. The SMILES string of the molecule is CO[C@H]1CN(C)C[C@@H]1COc1cnn(C)c1-c1ccn2nc(NC(=O)C3CC3)cc2c1. The zero-order valence-corrected chi connectivity index (χ0v) is 18.1. The number of amides is 1. The molecule has 1 aliphatic heterocycles. The molecule has 0 bridgehead atoms. The van der Waals surface area contributed by atoms with Crippen molar-refractivity contribution in [3.8, 4) is 17.0 Å². The summed E-state index contributed by atoms with van der Waals surface area (Å²) in [4.78, 5) is 14.3. The molecule has 0 spiro atoms. The first-order chi connectivity index (χ1) is 15.0. The molecule has 3 aromatic rings. The van der Waals surface area contributed by atoms with Crippen molar-refractivity contribution in [3.63, 3.8) is 0 Å². The lowest BCUT2D eigenvalue weighted by Crippen LogP contribution is -2.26. The van der Waals surface area contributed by atoms with Crippen molar-refractivity contribution < 1.29 is 14.3 Å². The van der Waals surface area contributed by atoms with Gasteiger partial charge in [0.2, 0.25) is 5.91 Å². The molecular weight excluding hydrogens is 396 g/mol. The van der Waals surface area contributed by atoms with Crippen LogP contribution in [0.15, 0.2) is 30.6 Å². The van der Waals surface area contributed by atoms with Crippen molar-refractivity contribution in [2.75, 3.05) is 39.2 Å². The van der Waals surface area contributed by atoms with Gasteiger partial charge in [0.15, 0.2) is 11.6 Å². The standard InChI is InChI=1S/C22H28N6O3/c1-26-11-16(19(12-26)30-3)13-31-18-10-23-27(2)21(18)15-6-7-28-17(8-15)9-20(25-28)24-22(29)14-4-5-14/h6-10,14,16,19H,4-5,11-13H2,1-3H3,(H,24,25,29)/t16-,19+/m1/s1. The van der Waals surface area contributed by atoms with Crippen molar-refractivity contribution in [1.29, 1.82) is 0 Å². The number of aryl methyl sites for hydroxylation is 1. The van der Waals surface area contributed by atoms with Gasteiger partial charge in [-0.3, -0.25) is 9.48 Å². The summed E-state index contributed by atoms with van der Waals surface area (Å²) in [6.07, 6.45) is 5.76. The molecule has 1 saturated heterocycles. The van der Waals surface area contributed by atoms with E-state index in [1.54, 1.807) is 17.8 Å². The summed E-state index contributed by atoms with van der Waals surface area (Å²) < 4.78 is 15.4. The van der Waals surface area contributed by atoms with E-state index >= 15 is 0 Å². The maximum absolute atomic E-state index is 12.0. The quantitative estimate of drug-likeness (QED) is 0.625. The van der Waals surface area contributed by atoms with E-state index in [-0.39, 0.29) is 17.9 Å². The van der Waals surface area contributed by atoms with Crippen LogP contribution in [0.25, 0.3) is 16.8 Å². The number of rotatable bonds is 7. The molecule has 9 nitrogen and oxygen atoms in total. The minimum absolute atomic E-state index is 0.0536. The minimum Gasteiger partial charge on any atom is -0.489 e. The number of likely N-dealkylation sites (N-methyl/N-ethyl adjacent to an activating group) is 1. The van der Waals surface area contributed by atoms with Crippen LogP contribution in [0.4, 0.5) is 5.82 Å². The summed E-state index contributed by atoms with van der Waals surface area (Å²) in [5.74, 6) is 1.84. The Morgan fingerprint density at radius 3 is 2.87 bits per heavy atom. The molecule has 0 radical (unpaired) electrons. The number of aromatic nitrogens is 4. The van der Waals surface area contributed by atoms with Crippen LogP contribution in [-0.4, -0.2) is 70.2 Å². The van der Waals surface area contributed by atoms with E-state index in [9.17, 15) is 4.79 Å². The van der Waals surface area contributed by atoms with E-state index in [1.165, 1.54) is 0 Å². The monoisotopic (exact) mass is 424 g/mol. The number of methoxy groups -OCH3 is 1. The van der Waals surface area contributed by atoms with Crippen LogP contribution in [0.3, 0.4) is 0 Å². The van der Waals surface area contributed by atoms with Gasteiger partial charge in [-0.2, -0.15) is 10.2 Å². The van der Waals surface area contributed by atoms with Crippen molar-refractivity contribution >= 4 is 17.2 Å². The lowest BCUT2D eigenvalue weighted by Gasteiger charge is -2.17. The van der Waals surface area contributed by atoms with Crippen LogP contribution in [0, 0.1) is 11.8 Å². The molecule has 4 heterocycles. The Kier molecular flexibility index (Phi) is 5.15. The van der Waals surface area contributed by atoms with Crippen LogP contribution in [0.5, 0.6) is 5.75 Å². The summed E-state index contributed by atoms with van der Waals surface area (Å²) in [5.41, 5.74) is 2.79. The van der Waals surface area contributed by atoms with E-state index < -0.39 is 0 Å². The molecule has 1 amide bonds. The third-order valence-electron chi connectivity index (χ3n) is 6.16. The second-order valence-corrected chi connectivity index (χ2v) is 8.63. The zero-order chi connectivity index (χ0) is 21.5. The number of carbonyl (C=O) groups is 1. The summed E-state index contributed by atoms with van der Waals surface area (Å²) >= 11 is 0. The maximum atomic E-state index is 12.0. The lowest BCUT2D eigenvalue weighted by molar-refractivity contribution is -0.117. The molecule has 3 aromatic heterocycles. The fraction of sp³-hybridized carbons (Fsp3) is 0.500. The Hall–Kier alpha value is -2.91. The number of hydrogen-bond donors (Lipinski definition) is 1. The van der Waals surface area contributed by atoms with Gasteiger partial charge in [0.05, 0.1) is 24.4 Å². The molecule has 9 heteroatoms. The van der Waals surface area contributed by atoms with Crippen molar-refractivity contribution in [2.24, 2.45) is 18.9 Å². The summed E-state index contributed by atoms with van der Waals surface area (Å²) in [6.45, 7) is 2.45. The highest BCUT2D eigenvalue weighted by Crippen LogP contribution is 2.32. The van der Waals surface area contributed by atoms with E-state index in [1.807, 2.05) is 36.1 Å². The van der Waals surface area contributed by atoms with Crippen molar-refractivity contribution in [3.05, 3.63) is 30.6 Å². The molecule has 2 aliphatic rings. The van der Waals surface area contributed by atoms with Crippen LogP contribution in [0.1, 0.15) is 12.8 Å². The molecule has 2 fully saturated rings. The number of nitrogens with zero attached hydrogens (tertiary/aromatic N) is 5. The van der Waals surface area contributed by atoms with Gasteiger partial charge in [-0.15, -0.1) is 0 Å². The third-order valence-corrected chi connectivity index (χ3v) is 6.16. The zero-order valence-electron chi connectivity index (χ0n) is 18.1. The van der Waals surface area contributed by atoms with Crippen LogP contribution < -0.4 is 10.1 Å². The number of carbonyl (C=O) groups excluding carboxylic acids is 1. The summed E-state index contributed by atoms with van der Waals surface area (Å²) in [6, 6.07) is 5.90. The van der Waals surface area contributed by atoms with Crippen molar-refractivity contribution in [2.45, 2.75) is 18.9 Å². The molecule has 2 atom stereocenters. The Labute approximate surface area is 180 Å². The lowest BCUT2D eigenvalue weighted by atomic mass is 10.1. The fourth-order valence-electron chi connectivity index (χ4n) is 4.30. The normalized spacial score (nSPS) is 21.6. The van der Waals surface area contributed by atoms with E-state index in [2.05, 4.69) is 27.5 Å². The van der Waals surface area contributed by atoms with Gasteiger partial charge in [0.25, 0.3) is 0 Å². The number of anilines is 1. The second-order valence-electron chi connectivity index (χ2n) is 8.63. The predicted octanol–water partition coefficient (Wildman–Crippen LogP) is 2.04. The van der Waals surface area contributed by atoms with Gasteiger partial charge in [-0.05, 0) is 32.0 Å².